The molecule has 0 aliphatic rings. The number of aromatic nitrogens is 1. The van der Waals surface area contributed by atoms with E-state index in [9.17, 15) is 9.59 Å². The van der Waals surface area contributed by atoms with E-state index in [2.05, 4.69) is 6.07 Å². The van der Waals surface area contributed by atoms with Crippen molar-refractivity contribution in [1.29, 1.82) is 0 Å². The molecule has 0 saturated heterocycles. The highest BCUT2D eigenvalue weighted by molar-refractivity contribution is 5.64. The standard InChI is InChI=1S/C14H8NO2/c16-13-10-6-7-11(9-8-10)14(17)15(13)12-4-2-1-3-5-12/h1-4,6-9H. The zero-order valence-electron chi connectivity index (χ0n) is 8.88. The molecule has 2 heterocycles. The van der Waals surface area contributed by atoms with Crippen LogP contribution in [0.1, 0.15) is 0 Å². The molecule has 2 aromatic carbocycles. The molecule has 1 radical (unpaired) electrons. The third-order valence-corrected chi connectivity index (χ3v) is 2.72. The van der Waals surface area contributed by atoms with Crippen LogP contribution in [0.15, 0.2) is 58.1 Å². The van der Waals surface area contributed by atoms with Crippen molar-refractivity contribution in [2.75, 3.05) is 0 Å². The molecule has 0 amide bonds. The predicted molar refractivity (Wildman–Crippen MR) is 65.8 cm³/mol. The van der Waals surface area contributed by atoms with Crippen molar-refractivity contribution in [2.24, 2.45) is 0 Å². The molecule has 0 saturated carbocycles. The fourth-order valence-corrected chi connectivity index (χ4v) is 1.85. The molecular formula is C14H8NO2. The highest BCUT2D eigenvalue weighted by atomic mass is 16.2. The largest absolute Gasteiger partial charge is 0.268 e. The number of nitrogens with zero attached hydrogens (tertiary/aromatic N) is 1. The molecule has 4 rings (SSSR count). The number of fused-ring (bicyclic) bond motifs is 4. The summed E-state index contributed by atoms with van der Waals surface area (Å²) in [6.07, 6.45) is 0. The Kier molecular flexibility index (Phi) is 2.05. The second-order valence-electron chi connectivity index (χ2n) is 3.77. The Morgan fingerprint density at radius 1 is 0.824 bits per heavy atom. The number of hydrogen-bond acceptors (Lipinski definition) is 2. The van der Waals surface area contributed by atoms with E-state index in [1.54, 1.807) is 48.5 Å². The summed E-state index contributed by atoms with van der Waals surface area (Å²) in [4.78, 5) is 24.3. The molecule has 2 bridgehead atoms. The molecule has 4 aromatic rings. The lowest BCUT2D eigenvalue weighted by Gasteiger charge is -1.99. The highest BCUT2D eigenvalue weighted by Crippen LogP contribution is 2.05. The summed E-state index contributed by atoms with van der Waals surface area (Å²) < 4.78 is 1.16. The predicted octanol–water partition coefficient (Wildman–Crippen LogP) is 1.59. The fraction of sp³-hybridized carbons (Fsp3) is 0. The summed E-state index contributed by atoms with van der Waals surface area (Å²) in [6.45, 7) is 0. The Balaban J connectivity index is 2.54. The van der Waals surface area contributed by atoms with Crippen LogP contribution >= 0.6 is 0 Å². The SMILES string of the molecule is O=c1c2ccc(cc2)c(=O)n1-c1[c]cccc1. The summed E-state index contributed by atoms with van der Waals surface area (Å²) in [5, 5.41) is 1.02. The quantitative estimate of drug-likeness (QED) is 0.627. The van der Waals surface area contributed by atoms with Gasteiger partial charge in [-0.1, -0.05) is 18.2 Å². The molecular weight excluding hydrogens is 214 g/mol. The van der Waals surface area contributed by atoms with Crippen LogP contribution in [0.25, 0.3) is 16.5 Å². The monoisotopic (exact) mass is 222 g/mol. The molecule has 0 aliphatic heterocycles. The highest BCUT2D eigenvalue weighted by Gasteiger charge is 2.07. The van der Waals surface area contributed by atoms with Crippen LogP contribution in [-0.2, 0) is 0 Å². The first-order chi connectivity index (χ1) is 8.27. The van der Waals surface area contributed by atoms with Gasteiger partial charge < -0.3 is 0 Å². The zero-order valence-corrected chi connectivity index (χ0v) is 8.88. The summed E-state index contributed by atoms with van der Waals surface area (Å²) in [7, 11) is 0. The maximum Gasteiger partial charge on any atom is 0.265 e. The van der Waals surface area contributed by atoms with Gasteiger partial charge in [0.2, 0.25) is 0 Å². The Labute approximate surface area is 96.9 Å². The summed E-state index contributed by atoms with van der Waals surface area (Å²) >= 11 is 0. The number of benzene rings is 2. The smallest absolute Gasteiger partial charge is 0.265 e. The van der Waals surface area contributed by atoms with Gasteiger partial charge in [0, 0.05) is 16.8 Å². The van der Waals surface area contributed by atoms with Gasteiger partial charge in [-0.2, -0.15) is 0 Å². The maximum absolute atomic E-state index is 12.1. The molecule has 17 heavy (non-hydrogen) atoms. The van der Waals surface area contributed by atoms with Crippen LogP contribution in [0.4, 0.5) is 0 Å². The van der Waals surface area contributed by atoms with Crippen LogP contribution < -0.4 is 11.1 Å². The van der Waals surface area contributed by atoms with Crippen molar-refractivity contribution in [2.45, 2.75) is 0 Å². The number of para-hydroxylation sites is 1. The van der Waals surface area contributed by atoms with Crippen LogP contribution in [0.3, 0.4) is 0 Å². The molecule has 3 heteroatoms. The first kappa shape index (κ1) is 9.78. The fourth-order valence-electron chi connectivity index (χ4n) is 1.85. The molecule has 0 spiro atoms. The van der Waals surface area contributed by atoms with Gasteiger partial charge in [-0.25, -0.2) is 4.57 Å². The maximum atomic E-state index is 12.1. The summed E-state index contributed by atoms with van der Waals surface area (Å²) in [5.41, 5.74) is -0.139. The Bertz CT molecular complexity index is 708. The van der Waals surface area contributed by atoms with Gasteiger partial charge in [-0.15, -0.1) is 0 Å². The van der Waals surface area contributed by atoms with E-state index in [4.69, 9.17) is 0 Å². The average Bonchev–Trinajstić information content (AvgIpc) is 2.57. The second-order valence-corrected chi connectivity index (χ2v) is 3.77. The minimum absolute atomic E-state index is 0.308. The lowest BCUT2D eigenvalue weighted by Crippen LogP contribution is -2.27. The van der Waals surface area contributed by atoms with Gasteiger partial charge in [0.25, 0.3) is 11.1 Å². The second kappa shape index (κ2) is 3.56. The van der Waals surface area contributed by atoms with Gasteiger partial charge in [-0.3, -0.25) is 9.59 Å². The van der Waals surface area contributed by atoms with Crippen molar-refractivity contribution in [3.05, 3.63) is 75.3 Å². The summed E-state index contributed by atoms with van der Waals surface area (Å²) in [6, 6.07) is 16.5. The van der Waals surface area contributed by atoms with E-state index in [1.165, 1.54) is 0 Å². The van der Waals surface area contributed by atoms with Gasteiger partial charge in [0.15, 0.2) is 0 Å². The van der Waals surface area contributed by atoms with Crippen LogP contribution in [0.2, 0.25) is 0 Å². The summed E-state index contributed by atoms with van der Waals surface area (Å²) in [5.74, 6) is 0. The normalized spacial score (nSPS) is 10.8. The molecule has 3 nitrogen and oxygen atoms in total. The molecule has 0 atom stereocenters. The average molecular weight is 222 g/mol. The van der Waals surface area contributed by atoms with E-state index < -0.39 is 0 Å². The topological polar surface area (TPSA) is 39.1 Å². The van der Waals surface area contributed by atoms with Gasteiger partial charge in [-0.05, 0) is 30.3 Å². The van der Waals surface area contributed by atoms with Gasteiger partial charge in [0.05, 0.1) is 5.69 Å². The third-order valence-electron chi connectivity index (χ3n) is 2.72. The first-order valence-electron chi connectivity index (χ1n) is 5.23. The molecule has 0 aliphatic carbocycles. The van der Waals surface area contributed by atoms with E-state index in [-0.39, 0.29) is 11.1 Å². The molecule has 0 N–H and O–H groups in total. The molecule has 2 aromatic heterocycles. The van der Waals surface area contributed by atoms with Crippen LogP contribution in [-0.4, -0.2) is 4.57 Å². The lowest BCUT2D eigenvalue weighted by molar-refractivity contribution is 0.975. The first-order valence-corrected chi connectivity index (χ1v) is 5.23. The Morgan fingerprint density at radius 2 is 1.41 bits per heavy atom. The molecule has 0 unspecified atom stereocenters. The van der Waals surface area contributed by atoms with E-state index >= 15 is 0 Å². The van der Waals surface area contributed by atoms with Crippen molar-refractivity contribution in [3.63, 3.8) is 0 Å². The van der Waals surface area contributed by atoms with Crippen LogP contribution in [0.5, 0.6) is 0 Å². The third kappa shape index (κ3) is 1.44. The van der Waals surface area contributed by atoms with E-state index in [1.807, 2.05) is 0 Å². The van der Waals surface area contributed by atoms with Crippen molar-refractivity contribution < 1.29 is 0 Å². The zero-order chi connectivity index (χ0) is 11.8. The number of hydrogen-bond donors (Lipinski definition) is 0. The lowest BCUT2D eigenvalue weighted by atomic mass is 10.2. The minimum atomic E-state index is -0.308. The van der Waals surface area contributed by atoms with Crippen molar-refractivity contribution in [1.82, 2.24) is 4.57 Å². The Morgan fingerprint density at radius 3 is 1.88 bits per heavy atom. The minimum Gasteiger partial charge on any atom is -0.268 e. The van der Waals surface area contributed by atoms with Crippen LogP contribution in [0, 0.1) is 6.07 Å². The Hall–Kier alpha value is -2.42. The molecule has 0 fully saturated rings. The molecule has 81 valence electrons. The van der Waals surface area contributed by atoms with Gasteiger partial charge >= 0.3 is 0 Å². The van der Waals surface area contributed by atoms with E-state index in [0.29, 0.717) is 16.5 Å². The number of rotatable bonds is 1. The van der Waals surface area contributed by atoms with E-state index in [0.717, 1.165) is 4.57 Å². The van der Waals surface area contributed by atoms with Crippen molar-refractivity contribution in [3.8, 4) is 5.69 Å². The van der Waals surface area contributed by atoms with Crippen molar-refractivity contribution >= 4 is 10.8 Å². The van der Waals surface area contributed by atoms with Gasteiger partial charge in [0.1, 0.15) is 0 Å².